The first-order chi connectivity index (χ1) is 8.99. The lowest BCUT2D eigenvalue weighted by atomic mass is 10.1. The summed E-state index contributed by atoms with van der Waals surface area (Å²) in [6, 6.07) is 1.66. The average molecular weight is 365 g/mol. The highest BCUT2D eigenvalue weighted by molar-refractivity contribution is 9.11. The van der Waals surface area contributed by atoms with Gasteiger partial charge < -0.3 is 5.32 Å². The van der Waals surface area contributed by atoms with Gasteiger partial charge in [0.1, 0.15) is 0 Å². The van der Waals surface area contributed by atoms with Crippen molar-refractivity contribution in [3.63, 3.8) is 0 Å². The molecule has 7 heteroatoms. The zero-order chi connectivity index (χ0) is 13.9. The van der Waals surface area contributed by atoms with Gasteiger partial charge in [-0.15, -0.1) is 11.3 Å². The number of nitrogens with one attached hydrogen (secondary N) is 2. The average Bonchev–Trinajstić information content (AvgIpc) is 2.70. The van der Waals surface area contributed by atoms with Crippen LogP contribution in [0.1, 0.15) is 17.7 Å². The Morgan fingerprint density at radius 2 is 2.32 bits per heavy atom. The van der Waals surface area contributed by atoms with Gasteiger partial charge >= 0.3 is 0 Å². The highest BCUT2D eigenvalue weighted by Crippen LogP contribution is 2.29. The van der Waals surface area contributed by atoms with E-state index in [9.17, 15) is 8.42 Å². The minimum absolute atomic E-state index is 0.378. The van der Waals surface area contributed by atoms with Gasteiger partial charge in [0.2, 0.25) is 10.0 Å². The summed E-state index contributed by atoms with van der Waals surface area (Å²) >= 11 is 4.75. The number of sulfonamides is 1. The molecule has 0 fully saturated rings. The van der Waals surface area contributed by atoms with E-state index in [0.29, 0.717) is 11.4 Å². The summed E-state index contributed by atoms with van der Waals surface area (Å²) in [6.45, 7) is 4.15. The first kappa shape index (κ1) is 15.2. The van der Waals surface area contributed by atoms with Gasteiger partial charge in [-0.1, -0.05) is 11.6 Å². The normalized spacial score (nSPS) is 16.4. The summed E-state index contributed by atoms with van der Waals surface area (Å²) < 4.78 is 27.8. The van der Waals surface area contributed by atoms with Crippen LogP contribution in [0.3, 0.4) is 0 Å². The van der Waals surface area contributed by atoms with E-state index < -0.39 is 10.0 Å². The van der Waals surface area contributed by atoms with Crippen LogP contribution in [0.25, 0.3) is 0 Å². The zero-order valence-electron chi connectivity index (χ0n) is 10.7. The number of thiophene rings is 1. The molecule has 0 radical (unpaired) electrons. The fourth-order valence-electron chi connectivity index (χ4n) is 2.02. The molecule has 0 spiro atoms. The third kappa shape index (κ3) is 4.13. The van der Waals surface area contributed by atoms with Crippen LogP contribution < -0.4 is 10.0 Å². The second-order valence-electron chi connectivity index (χ2n) is 4.44. The maximum atomic E-state index is 12.2. The van der Waals surface area contributed by atoms with Crippen molar-refractivity contribution in [2.45, 2.75) is 24.7 Å². The molecule has 1 aromatic heterocycles. The van der Waals surface area contributed by atoms with Crippen molar-refractivity contribution in [2.24, 2.45) is 0 Å². The van der Waals surface area contributed by atoms with Crippen LogP contribution in [0.5, 0.6) is 0 Å². The Morgan fingerprint density at radius 1 is 1.53 bits per heavy atom. The molecule has 0 aliphatic carbocycles. The maximum absolute atomic E-state index is 12.2. The summed E-state index contributed by atoms with van der Waals surface area (Å²) in [4.78, 5) is 1.18. The third-order valence-corrected chi connectivity index (χ3v) is 6.30. The van der Waals surface area contributed by atoms with Crippen LogP contribution in [-0.2, 0) is 10.0 Å². The molecule has 106 valence electrons. The monoisotopic (exact) mass is 364 g/mol. The van der Waals surface area contributed by atoms with E-state index in [-0.39, 0.29) is 0 Å². The quantitative estimate of drug-likeness (QED) is 0.788. The van der Waals surface area contributed by atoms with Crippen LogP contribution >= 0.6 is 27.3 Å². The Bertz CT molecular complexity index is 579. The molecule has 0 amide bonds. The van der Waals surface area contributed by atoms with Crippen molar-refractivity contribution >= 4 is 37.3 Å². The Hall–Kier alpha value is -0.210. The SMILES string of the molecule is Cc1sc(Br)cc1S(=O)(=O)NCCC1=CCNCC1. The fourth-order valence-corrected chi connectivity index (χ4v) is 5.46. The molecule has 1 aliphatic heterocycles. The highest BCUT2D eigenvalue weighted by atomic mass is 79.9. The van der Waals surface area contributed by atoms with Crippen molar-refractivity contribution < 1.29 is 8.42 Å². The third-order valence-electron chi connectivity index (χ3n) is 3.03. The van der Waals surface area contributed by atoms with E-state index in [4.69, 9.17) is 0 Å². The number of rotatable bonds is 5. The van der Waals surface area contributed by atoms with Gasteiger partial charge in [-0.3, -0.25) is 0 Å². The molecule has 1 aliphatic rings. The van der Waals surface area contributed by atoms with Gasteiger partial charge in [0.15, 0.2) is 0 Å². The standard InChI is InChI=1S/C12H17BrN2O2S2/c1-9-11(8-12(13)18-9)19(16,17)15-7-4-10-2-5-14-6-3-10/h2,8,14-15H,3-7H2,1H3. The number of aryl methyl sites for hydroxylation is 1. The molecular formula is C12H17BrN2O2S2. The second-order valence-corrected chi connectivity index (χ2v) is 8.81. The van der Waals surface area contributed by atoms with Crippen LogP contribution in [0, 0.1) is 6.92 Å². The fraction of sp³-hybridized carbons (Fsp3) is 0.500. The summed E-state index contributed by atoms with van der Waals surface area (Å²) in [7, 11) is -3.38. The predicted molar refractivity (Wildman–Crippen MR) is 82.1 cm³/mol. The molecule has 0 unspecified atom stereocenters. The van der Waals surface area contributed by atoms with Crippen molar-refractivity contribution in [1.29, 1.82) is 0 Å². The lowest BCUT2D eigenvalue weighted by Gasteiger charge is -2.14. The maximum Gasteiger partial charge on any atom is 0.241 e. The molecule has 2 rings (SSSR count). The van der Waals surface area contributed by atoms with E-state index in [1.54, 1.807) is 6.07 Å². The Morgan fingerprint density at radius 3 is 2.89 bits per heavy atom. The van der Waals surface area contributed by atoms with E-state index in [1.165, 1.54) is 16.9 Å². The highest BCUT2D eigenvalue weighted by Gasteiger charge is 2.19. The van der Waals surface area contributed by atoms with Gasteiger partial charge in [0.05, 0.1) is 8.68 Å². The first-order valence-electron chi connectivity index (χ1n) is 6.13. The Labute approximate surface area is 126 Å². The number of hydrogen-bond acceptors (Lipinski definition) is 4. The molecule has 19 heavy (non-hydrogen) atoms. The molecule has 2 N–H and O–H groups in total. The first-order valence-corrected chi connectivity index (χ1v) is 9.22. The summed E-state index contributed by atoms with van der Waals surface area (Å²) in [5.41, 5.74) is 1.32. The molecule has 0 saturated carbocycles. The summed E-state index contributed by atoms with van der Waals surface area (Å²) in [5, 5.41) is 3.24. The smallest absolute Gasteiger partial charge is 0.241 e. The number of hydrogen-bond donors (Lipinski definition) is 2. The molecule has 2 heterocycles. The van der Waals surface area contributed by atoms with Crippen molar-refractivity contribution in [1.82, 2.24) is 10.0 Å². The largest absolute Gasteiger partial charge is 0.313 e. The van der Waals surface area contributed by atoms with E-state index in [0.717, 1.165) is 34.6 Å². The van der Waals surface area contributed by atoms with Crippen LogP contribution in [0.15, 0.2) is 26.4 Å². The van der Waals surface area contributed by atoms with Crippen molar-refractivity contribution in [2.75, 3.05) is 19.6 Å². The lowest BCUT2D eigenvalue weighted by molar-refractivity contribution is 0.579. The topological polar surface area (TPSA) is 58.2 Å². The molecule has 1 aromatic rings. The summed E-state index contributed by atoms with van der Waals surface area (Å²) in [5.74, 6) is 0. The van der Waals surface area contributed by atoms with E-state index >= 15 is 0 Å². The van der Waals surface area contributed by atoms with Gasteiger partial charge in [-0.05, 0) is 48.3 Å². The van der Waals surface area contributed by atoms with Crippen LogP contribution in [0.4, 0.5) is 0 Å². The second kappa shape index (κ2) is 6.49. The van der Waals surface area contributed by atoms with Gasteiger partial charge in [0, 0.05) is 18.0 Å². The van der Waals surface area contributed by atoms with Crippen LogP contribution in [-0.4, -0.2) is 28.1 Å². The van der Waals surface area contributed by atoms with Crippen LogP contribution in [0.2, 0.25) is 0 Å². The minimum Gasteiger partial charge on any atom is -0.313 e. The minimum atomic E-state index is -3.38. The van der Waals surface area contributed by atoms with Gasteiger partial charge in [-0.2, -0.15) is 0 Å². The van der Waals surface area contributed by atoms with E-state index in [1.807, 2.05) is 6.92 Å². The van der Waals surface area contributed by atoms with Crippen molar-refractivity contribution in [3.05, 3.63) is 26.4 Å². The van der Waals surface area contributed by atoms with Gasteiger partial charge in [-0.25, -0.2) is 13.1 Å². The number of halogens is 1. The molecule has 0 atom stereocenters. The Balaban J connectivity index is 1.94. The molecule has 0 aromatic carbocycles. The molecular weight excluding hydrogens is 348 g/mol. The molecule has 4 nitrogen and oxygen atoms in total. The van der Waals surface area contributed by atoms with Crippen molar-refractivity contribution in [3.8, 4) is 0 Å². The van der Waals surface area contributed by atoms with Gasteiger partial charge in [0.25, 0.3) is 0 Å². The lowest BCUT2D eigenvalue weighted by Crippen LogP contribution is -2.27. The predicted octanol–water partition coefficient (Wildman–Crippen LogP) is 2.41. The van der Waals surface area contributed by atoms with E-state index in [2.05, 4.69) is 32.0 Å². The Kier molecular flexibility index (Phi) is 5.19. The molecule has 0 bridgehead atoms. The summed E-state index contributed by atoms with van der Waals surface area (Å²) in [6.07, 6.45) is 3.93. The zero-order valence-corrected chi connectivity index (χ0v) is 13.9. The molecule has 0 saturated heterocycles.